The lowest BCUT2D eigenvalue weighted by Crippen LogP contribution is -2.56. The van der Waals surface area contributed by atoms with E-state index in [1.165, 1.54) is 14.7 Å². The smallest absolute Gasteiger partial charge is 0.323 e. The maximum absolute atomic E-state index is 14.1. The summed E-state index contributed by atoms with van der Waals surface area (Å²) < 4.78 is 0. The van der Waals surface area contributed by atoms with Crippen LogP contribution in [0, 0.1) is 58.2 Å². The second kappa shape index (κ2) is 23.2. The molecular weight excluding hydrogens is 835 g/mol. The molecule has 18 heteroatoms. The normalized spacial score (nSPS) is 28.4. The predicted octanol–water partition coefficient (Wildman–Crippen LogP) is 5.03. The lowest BCUT2D eigenvalue weighted by molar-refractivity contribution is -0.153. The van der Waals surface area contributed by atoms with Gasteiger partial charge in [-0.25, -0.2) is 0 Å². The lowest BCUT2D eigenvalue weighted by atomic mass is 9.44. The molecule has 10 atom stereocenters. The van der Waals surface area contributed by atoms with Crippen LogP contribution in [0.25, 0.3) is 0 Å². The Labute approximate surface area is 375 Å². The van der Waals surface area contributed by atoms with Crippen LogP contribution >= 0.6 is 0 Å². The van der Waals surface area contributed by atoms with Crippen molar-refractivity contribution >= 4 is 47.7 Å². The van der Waals surface area contributed by atoms with Crippen LogP contribution in [0.15, 0.2) is 0 Å². The van der Waals surface area contributed by atoms with E-state index in [0.29, 0.717) is 48.9 Å². The van der Waals surface area contributed by atoms with Gasteiger partial charge in [-0.2, -0.15) is 0 Å². The highest BCUT2D eigenvalue weighted by atomic mass is 16.4. The van der Waals surface area contributed by atoms with E-state index in [4.69, 9.17) is 0 Å². The van der Waals surface area contributed by atoms with Crippen LogP contribution in [0.4, 0.5) is 0 Å². The number of hydrogen-bond donors (Lipinski definition) is 7. The highest BCUT2D eigenvalue weighted by molar-refractivity contribution is 5.82. The van der Waals surface area contributed by atoms with Crippen molar-refractivity contribution in [1.82, 2.24) is 14.7 Å². The molecule has 64 heavy (non-hydrogen) atoms. The van der Waals surface area contributed by atoms with Crippen LogP contribution in [0.3, 0.4) is 0 Å². The summed E-state index contributed by atoms with van der Waals surface area (Å²) in [5, 5.41) is 67.0. The van der Waals surface area contributed by atoms with Crippen LogP contribution in [-0.2, 0) is 38.4 Å². The molecule has 362 valence electrons. The van der Waals surface area contributed by atoms with E-state index in [9.17, 15) is 74.1 Å². The maximum atomic E-state index is 14.1. The monoisotopic (exact) mass is 908 g/mol. The van der Waals surface area contributed by atoms with Crippen molar-refractivity contribution in [3.63, 3.8) is 0 Å². The van der Waals surface area contributed by atoms with Gasteiger partial charge in [0, 0.05) is 18.9 Å². The van der Waals surface area contributed by atoms with Gasteiger partial charge in [0.25, 0.3) is 0 Å². The number of aliphatic carboxylic acids is 7. The second-order valence-corrected chi connectivity index (χ2v) is 20.2. The van der Waals surface area contributed by atoms with Crippen molar-refractivity contribution in [3.8, 4) is 0 Å². The van der Waals surface area contributed by atoms with Gasteiger partial charge in [-0.05, 0) is 162 Å². The topological polar surface area (TPSA) is 288 Å². The molecule has 7 N–H and O–H groups in total. The molecule has 0 aliphatic heterocycles. The van der Waals surface area contributed by atoms with E-state index >= 15 is 0 Å². The molecule has 4 aliphatic rings. The Hall–Kier alpha value is -4.32. The number of fused-ring (bicyclic) bond motifs is 5. The summed E-state index contributed by atoms with van der Waals surface area (Å²) in [7, 11) is 0. The van der Waals surface area contributed by atoms with Gasteiger partial charge in [0.15, 0.2) is 0 Å². The Morgan fingerprint density at radius 2 is 1.08 bits per heavy atom. The average Bonchev–Trinajstić information content (AvgIpc) is 3.54. The minimum atomic E-state index is -1.24. The Bertz CT molecular complexity index is 1620. The molecule has 4 rings (SSSR count). The highest BCUT2D eigenvalue weighted by Crippen LogP contribution is 2.68. The molecule has 18 nitrogen and oxygen atoms in total. The van der Waals surface area contributed by atoms with E-state index in [1.54, 1.807) is 0 Å². The fourth-order valence-electron chi connectivity index (χ4n) is 13.5. The molecule has 0 heterocycles. The number of hydrogen-bond acceptors (Lipinski definition) is 10. The molecule has 0 aromatic heterocycles. The third kappa shape index (κ3) is 13.8. The van der Waals surface area contributed by atoms with Crippen molar-refractivity contribution in [2.75, 3.05) is 45.8 Å². The molecule has 0 saturated heterocycles. The number of carboxylic acid groups (broad SMARTS) is 7. The summed E-state index contributed by atoms with van der Waals surface area (Å²) in [6.07, 6.45) is 9.95. The summed E-state index contributed by atoms with van der Waals surface area (Å²) >= 11 is 0. The zero-order valence-electron chi connectivity index (χ0n) is 37.9. The van der Waals surface area contributed by atoms with Crippen molar-refractivity contribution in [2.24, 2.45) is 58.2 Å². The minimum Gasteiger partial charge on any atom is -0.481 e. The SMILES string of the molecule is CC(CCC(=O)O)[C@H]1CCC2C3CC[C@@H]4CC(N(CC(=O)O)C(=O)CCC(C(=O)O)C(CCCN(CC(=O)O)CC(=O)O)CCCN(CC(=O)O)CC(=O)O)CC[C@]4(C)C3CC[C@@]21C. The van der Waals surface area contributed by atoms with Gasteiger partial charge in [0.1, 0.15) is 6.54 Å². The molecule has 4 fully saturated rings. The van der Waals surface area contributed by atoms with E-state index in [0.717, 1.165) is 44.9 Å². The minimum absolute atomic E-state index is 0.0224. The van der Waals surface area contributed by atoms with E-state index in [-0.39, 0.29) is 80.8 Å². The summed E-state index contributed by atoms with van der Waals surface area (Å²) in [6, 6.07) is -0.332. The molecule has 1 amide bonds. The highest BCUT2D eigenvalue weighted by Gasteiger charge is 2.61. The number of nitrogens with zero attached hydrogens (tertiary/aromatic N) is 3. The first-order chi connectivity index (χ1) is 30.0. The van der Waals surface area contributed by atoms with E-state index in [1.807, 2.05) is 0 Å². The van der Waals surface area contributed by atoms with Crippen LogP contribution in [0.2, 0.25) is 0 Å². The zero-order valence-corrected chi connectivity index (χ0v) is 37.9. The zero-order chi connectivity index (χ0) is 47.5. The maximum Gasteiger partial charge on any atom is 0.323 e. The van der Waals surface area contributed by atoms with Gasteiger partial charge in [0.2, 0.25) is 5.91 Å². The molecular formula is C46H73N3O15. The van der Waals surface area contributed by atoms with Crippen molar-refractivity contribution in [2.45, 2.75) is 136 Å². The first kappa shape index (κ1) is 52.3. The average molecular weight is 908 g/mol. The van der Waals surface area contributed by atoms with Gasteiger partial charge >= 0.3 is 41.8 Å². The molecule has 0 aromatic carbocycles. The van der Waals surface area contributed by atoms with Crippen LogP contribution in [0.1, 0.15) is 130 Å². The Morgan fingerprint density at radius 3 is 1.58 bits per heavy atom. The fraction of sp³-hybridized carbons (Fsp3) is 0.826. The van der Waals surface area contributed by atoms with Gasteiger partial charge < -0.3 is 40.6 Å². The molecule has 4 saturated carbocycles. The predicted molar refractivity (Wildman–Crippen MR) is 230 cm³/mol. The van der Waals surface area contributed by atoms with Gasteiger partial charge in [0.05, 0.1) is 32.1 Å². The van der Waals surface area contributed by atoms with Gasteiger partial charge in [-0.1, -0.05) is 20.8 Å². The molecule has 0 radical (unpaired) electrons. The standard InChI is InChI=1S/C46H73N3O15/c1-28(8-15-38(51)52)34-12-13-35-33-10-9-30-22-31(16-18-45(30,2)36(33)17-19-46(34,35)3)49(27-43(61)62)37(50)14-11-32(44(63)64)29(6-4-20-47(23-39(53)54)24-40(55)56)7-5-21-48(25-41(57)58)26-42(59)60/h28-36H,4-27H2,1-3H3,(H,51,52)(H,53,54)(H,55,56)(H,57,58)(H,59,60)(H,61,62)(H,63,64)/t28?,30-,31?,32?,33?,34-,35?,36?,45+,46-/m1/s1. The van der Waals surface area contributed by atoms with E-state index < -0.39 is 92.3 Å². The largest absolute Gasteiger partial charge is 0.481 e. The first-order valence-electron chi connectivity index (χ1n) is 23.3. The Balaban J connectivity index is 1.46. The molecule has 0 spiro atoms. The number of carbonyl (C=O) groups excluding carboxylic acids is 1. The van der Waals surface area contributed by atoms with E-state index in [2.05, 4.69) is 20.8 Å². The van der Waals surface area contributed by atoms with Crippen molar-refractivity contribution in [3.05, 3.63) is 0 Å². The van der Waals surface area contributed by atoms with Gasteiger partial charge in [-0.3, -0.25) is 48.2 Å². The summed E-state index contributed by atoms with van der Waals surface area (Å²) in [5.74, 6) is -7.50. The quantitative estimate of drug-likeness (QED) is 0.0542. The van der Waals surface area contributed by atoms with Gasteiger partial charge in [-0.15, -0.1) is 0 Å². The summed E-state index contributed by atoms with van der Waals surface area (Å²) in [5.41, 5.74) is 0.210. The van der Waals surface area contributed by atoms with Crippen molar-refractivity contribution < 1.29 is 74.1 Å². The van der Waals surface area contributed by atoms with Crippen LogP contribution < -0.4 is 0 Å². The van der Waals surface area contributed by atoms with Crippen LogP contribution in [0.5, 0.6) is 0 Å². The van der Waals surface area contributed by atoms with Crippen LogP contribution in [-0.4, -0.2) is 150 Å². The second-order valence-electron chi connectivity index (χ2n) is 20.2. The summed E-state index contributed by atoms with van der Waals surface area (Å²) in [6.45, 7) is 4.38. The molecule has 6 unspecified atom stereocenters. The van der Waals surface area contributed by atoms with Crippen molar-refractivity contribution in [1.29, 1.82) is 0 Å². The summed E-state index contributed by atoms with van der Waals surface area (Å²) in [4.78, 5) is 100. The lowest BCUT2D eigenvalue weighted by Gasteiger charge is -2.62. The number of carbonyl (C=O) groups is 8. The fourth-order valence-corrected chi connectivity index (χ4v) is 13.5. The Kier molecular flexibility index (Phi) is 19.0. The third-order valence-electron chi connectivity index (χ3n) is 16.4. The molecule has 4 aliphatic carbocycles. The first-order valence-corrected chi connectivity index (χ1v) is 23.3. The third-order valence-corrected chi connectivity index (χ3v) is 16.4. The molecule has 0 aromatic rings. The number of amides is 1. The Morgan fingerprint density at radius 1 is 0.562 bits per heavy atom. The number of carboxylic acids is 7. The number of rotatable bonds is 28. The molecule has 0 bridgehead atoms.